The van der Waals surface area contributed by atoms with Gasteiger partial charge in [-0.1, -0.05) is 12.1 Å². The fourth-order valence-electron chi connectivity index (χ4n) is 1.38. The van der Waals surface area contributed by atoms with Crippen LogP contribution in [0.25, 0.3) is 0 Å². The number of ether oxygens (including phenoxy) is 1. The highest BCUT2D eigenvalue weighted by molar-refractivity contribution is 5.27. The number of hydrogen-bond acceptors (Lipinski definition) is 4. The van der Waals surface area contributed by atoms with E-state index < -0.39 is 17.8 Å². The molecule has 1 atom stereocenters. The lowest BCUT2D eigenvalue weighted by Gasteiger charge is -2.14. The number of hydrogen-bond donors (Lipinski definition) is 2. The van der Waals surface area contributed by atoms with Gasteiger partial charge in [0, 0.05) is 7.11 Å². The van der Waals surface area contributed by atoms with Crippen LogP contribution in [-0.2, 0) is 15.8 Å². The summed E-state index contributed by atoms with van der Waals surface area (Å²) in [6.07, 6.45) is -5.50. The van der Waals surface area contributed by atoms with Crippen LogP contribution in [0.5, 0.6) is 0 Å². The molecule has 0 aliphatic rings. The second-order valence-corrected chi connectivity index (χ2v) is 3.83. The average Bonchev–Trinajstić information content (AvgIpc) is 2.37. The molecule has 0 bridgehead atoms. The molecule has 0 aliphatic heterocycles. The fourth-order valence-corrected chi connectivity index (χ4v) is 1.38. The molecule has 7 heteroatoms. The van der Waals surface area contributed by atoms with E-state index in [2.05, 4.69) is 5.48 Å². The summed E-state index contributed by atoms with van der Waals surface area (Å²) in [5, 5.41) is 9.73. The molecule has 108 valence electrons. The third-order valence-corrected chi connectivity index (χ3v) is 2.37. The number of nitrogens with one attached hydrogen (secondary N) is 1. The summed E-state index contributed by atoms with van der Waals surface area (Å²) < 4.78 is 42.2. The molecular weight excluding hydrogens is 263 g/mol. The fraction of sp³-hybridized carbons (Fsp3) is 0.500. The van der Waals surface area contributed by atoms with Crippen LogP contribution in [0.1, 0.15) is 17.2 Å². The Kier molecular flexibility index (Phi) is 6.23. The highest BCUT2D eigenvalue weighted by atomic mass is 19.4. The molecule has 0 aliphatic carbocycles. The molecule has 0 saturated heterocycles. The molecule has 0 saturated carbocycles. The van der Waals surface area contributed by atoms with E-state index in [9.17, 15) is 18.3 Å². The Labute approximate surface area is 109 Å². The molecule has 19 heavy (non-hydrogen) atoms. The third kappa shape index (κ3) is 5.56. The number of methoxy groups -OCH3 is 1. The lowest BCUT2D eigenvalue weighted by Crippen LogP contribution is -2.23. The second-order valence-electron chi connectivity index (χ2n) is 3.83. The number of aliphatic hydroxyl groups excluding tert-OH is 1. The van der Waals surface area contributed by atoms with Gasteiger partial charge in [0.1, 0.15) is 0 Å². The molecule has 0 aromatic heterocycles. The van der Waals surface area contributed by atoms with Crippen molar-refractivity contribution in [3.63, 3.8) is 0 Å². The summed E-state index contributed by atoms with van der Waals surface area (Å²) in [4.78, 5) is 4.91. The van der Waals surface area contributed by atoms with E-state index in [1.54, 1.807) is 0 Å². The minimum atomic E-state index is -4.42. The molecule has 1 aromatic carbocycles. The van der Waals surface area contributed by atoms with Gasteiger partial charge in [0.15, 0.2) is 0 Å². The molecule has 0 heterocycles. The van der Waals surface area contributed by atoms with E-state index in [1.807, 2.05) is 0 Å². The van der Waals surface area contributed by atoms with Crippen LogP contribution in [0.15, 0.2) is 24.3 Å². The first-order valence-electron chi connectivity index (χ1n) is 5.64. The van der Waals surface area contributed by atoms with Crippen molar-refractivity contribution in [2.24, 2.45) is 0 Å². The SMILES string of the molecule is COCCONCC(O)c1cccc(C(F)(F)F)c1. The van der Waals surface area contributed by atoms with Gasteiger partial charge in [0.05, 0.1) is 31.4 Å². The predicted molar refractivity (Wildman–Crippen MR) is 62.2 cm³/mol. The third-order valence-electron chi connectivity index (χ3n) is 2.37. The number of aliphatic hydroxyl groups is 1. The van der Waals surface area contributed by atoms with Crippen molar-refractivity contribution in [1.29, 1.82) is 0 Å². The van der Waals surface area contributed by atoms with Crippen LogP contribution in [0, 0.1) is 0 Å². The quantitative estimate of drug-likeness (QED) is 0.591. The Morgan fingerprint density at radius 1 is 1.32 bits per heavy atom. The summed E-state index contributed by atoms with van der Waals surface area (Å²) in [5.74, 6) is 0. The second kappa shape index (κ2) is 7.44. The minimum Gasteiger partial charge on any atom is -0.387 e. The van der Waals surface area contributed by atoms with Gasteiger partial charge in [-0.2, -0.15) is 18.7 Å². The Bertz CT molecular complexity index is 385. The molecule has 0 fully saturated rings. The zero-order valence-electron chi connectivity index (χ0n) is 10.4. The number of halogens is 3. The molecule has 0 spiro atoms. The average molecular weight is 279 g/mol. The van der Waals surface area contributed by atoms with Crippen LogP contribution in [0.4, 0.5) is 13.2 Å². The topological polar surface area (TPSA) is 50.7 Å². The molecular formula is C12H16F3NO3. The zero-order valence-corrected chi connectivity index (χ0v) is 10.4. The van der Waals surface area contributed by atoms with Crippen molar-refractivity contribution >= 4 is 0 Å². The first kappa shape index (κ1) is 15.9. The van der Waals surface area contributed by atoms with Gasteiger partial charge < -0.3 is 9.84 Å². The Morgan fingerprint density at radius 3 is 2.68 bits per heavy atom. The normalized spacial score (nSPS) is 13.5. The van der Waals surface area contributed by atoms with Crippen molar-refractivity contribution in [1.82, 2.24) is 5.48 Å². The summed E-state index contributed by atoms with van der Waals surface area (Å²) >= 11 is 0. The first-order chi connectivity index (χ1) is 8.95. The van der Waals surface area contributed by atoms with E-state index in [4.69, 9.17) is 9.57 Å². The maximum atomic E-state index is 12.5. The molecule has 0 radical (unpaired) electrons. The van der Waals surface area contributed by atoms with Crippen molar-refractivity contribution in [2.75, 3.05) is 26.9 Å². The number of hydroxylamine groups is 1. The molecule has 1 aromatic rings. The van der Waals surface area contributed by atoms with E-state index in [0.717, 1.165) is 12.1 Å². The van der Waals surface area contributed by atoms with E-state index in [1.165, 1.54) is 19.2 Å². The maximum absolute atomic E-state index is 12.5. The minimum absolute atomic E-state index is 0.00890. The highest BCUT2D eigenvalue weighted by Gasteiger charge is 2.30. The van der Waals surface area contributed by atoms with Gasteiger partial charge in [0.25, 0.3) is 0 Å². The van der Waals surface area contributed by atoms with Crippen molar-refractivity contribution in [2.45, 2.75) is 12.3 Å². The summed E-state index contributed by atoms with van der Waals surface area (Å²) in [7, 11) is 1.51. The number of benzene rings is 1. The van der Waals surface area contributed by atoms with Gasteiger partial charge >= 0.3 is 6.18 Å². The lowest BCUT2D eigenvalue weighted by molar-refractivity contribution is -0.137. The smallest absolute Gasteiger partial charge is 0.387 e. The lowest BCUT2D eigenvalue weighted by atomic mass is 10.1. The molecule has 4 nitrogen and oxygen atoms in total. The predicted octanol–water partition coefficient (Wildman–Crippen LogP) is 1.91. The monoisotopic (exact) mass is 279 g/mol. The van der Waals surface area contributed by atoms with Crippen LogP contribution >= 0.6 is 0 Å². The number of alkyl halides is 3. The van der Waals surface area contributed by atoms with E-state index in [0.29, 0.717) is 6.61 Å². The molecule has 1 unspecified atom stereocenters. The van der Waals surface area contributed by atoms with Gasteiger partial charge in [0.2, 0.25) is 0 Å². The summed E-state index contributed by atoms with van der Waals surface area (Å²) in [6, 6.07) is 4.56. The standard InChI is InChI=1S/C12H16F3NO3/c1-18-5-6-19-16-8-11(17)9-3-2-4-10(7-9)12(13,14)15/h2-4,7,11,16-17H,5-6,8H2,1H3. The molecule has 1 rings (SSSR count). The molecule has 2 N–H and O–H groups in total. The Hall–Kier alpha value is -1.15. The van der Waals surface area contributed by atoms with E-state index >= 15 is 0 Å². The van der Waals surface area contributed by atoms with Crippen LogP contribution in [0.3, 0.4) is 0 Å². The molecule has 0 amide bonds. The Balaban J connectivity index is 2.50. The maximum Gasteiger partial charge on any atom is 0.416 e. The van der Waals surface area contributed by atoms with Crippen molar-refractivity contribution in [3.05, 3.63) is 35.4 Å². The van der Waals surface area contributed by atoms with Gasteiger partial charge in [-0.25, -0.2) is 0 Å². The largest absolute Gasteiger partial charge is 0.416 e. The van der Waals surface area contributed by atoms with Crippen LogP contribution in [-0.4, -0.2) is 32.0 Å². The van der Waals surface area contributed by atoms with Crippen molar-refractivity contribution < 1.29 is 27.9 Å². The van der Waals surface area contributed by atoms with Gasteiger partial charge in [-0.15, -0.1) is 0 Å². The Morgan fingerprint density at radius 2 is 2.05 bits per heavy atom. The van der Waals surface area contributed by atoms with Gasteiger partial charge in [-0.05, 0) is 17.7 Å². The first-order valence-corrected chi connectivity index (χ1v) is 5.64. The summed E-state index contributed by atoms with van der Waals surface area (Å²) in [6.45, 7) is 0.656. The van der Waals surface area contributed by atoms with Crippen LogP contribution in [0.2, 0.25) is 0 Å². The van der Waals surface area contributed by atoms with Crippen LogP contribution < -0.4 is 5.48 Å². The number of rotatable bonds is 7. The zero-order chi connectivity index (χ0) is 14.3. The summed E-state index contributed by atoms with van der Waals surface area (Å²) in [5.41, 5.74) is 1.86. The van der Waals surface area contributed by atoms with E-state index in [-0.39, 0.29) is 18.7 Å². The highest BCUT2D eigenvalue weighted by Crippen LogP contribution is 2.30. The van der Waals surface area contributed by atoms with Gasteiger partial charge in [-0.3, -0.25) is 4.84 Å². The van der Waals surface area contributed by atoms with Crippen molar-refractivity contribution in [3.8, 4) is 0 Å².